The average Bonchev–Trinajstić information content (AvgIpc) is 2.96. The summed E-state index contributed by atoms with van der Waals surface area (Å²) in [6, 6.07) is 3.31. The van der Waals surface area contributed by atoms with E-state index in [1.165, 1.54) is 0 Å². The van der Waals surface area contributed by atoms with Crippen molar-refractivity contribution < 1.29 is 4.79 Å². The minimum Gasteiger partial charge on any atom is -0.352 e. The fraction of sp³-hybridized carbons (Fsp3) is 0.467. The van der Waals surface area contributed by atoms with E-state index in [4.69, 9.17) is 0 Å². The van der Waals surface area contributed by atoms with Crippen molar-refractivity contribution in [2.45, 2.75) is 39.8 Å². The largest absolute Gasteiger partial charge is 0.352 e. The Balaban J connectivity index is 1.96. The number of aromatic nitrogens is 4. The highest BCUT2D eigenvalue weighted by molar-refractivity contribution is 5.80. The minimum absolute atomic E-state index is 0.100. The topological polar surface area (TPSA) is 81.8 Å². The van der Waals surface area contributed by atoms with Crippen LogP contribution in [0.25, 0.3) is 0 Å². The smallest absolute Gasteiger partial charge is 0.348 e. The molecule has 0 saturated heterocycles. The summed E-state index contributed by atoms with van der Waals surface area (Å²) < 4.78 is 3.20. The maximum atomic E-state index is 12.2. The van der Waals surface area contributed by atoms with Crippen molar-refractivity contribution in [2.75, 3.05) is 6.54 Å². The van der Waals surface area contributed by atoms with Gasteiger partial charge in [0.1, 0.15) is 6.04 Å². The van der Waals surface area contributed by atoms with Crippen LogP contribution in [0.5, 0.6) is 0 Å². The lowest BCUT2D eigenvalue weighted by atomic mass is 10.2. The number of carbonyl (C=O) groups excluding carboxylic acids is 1. The van der Waals surface area contributed by atoms with E-state index in [1.807, 2.05) is 19.9 Å². The molecule has 2 rings (SSSR count). The lowest BCUT2D eigenvalue weighted by molar-refractivity contribution is -0.124. The van der Waals surface area contributed by atoms with Crippen LogP contribution in [0.15, 0.2) is 29.3 Å². The molecule has 0 bridgehead atoms. The normalized spacial score (nSPS) is 12.1. The Bertz CT molecular complexity index is 690. The van der Waals surface area contributed by atoms with Gasteiger partial charge in [-0.2, -0.15) is 10.1 Å². The first-order valence-electron chi connectivity index (χ1n) is 7.35. The molecule has 0 aliphatic carbocycles. The van der Waals surface area contributed by atoms with E-state index in [0.29, 0.717) is 25.2 Å². The molecular formula is C15H21N5O2. The van der Waals surface area contributed by atoms with Crippen LogP contribution < -0.4 is 11.0 Å². The van der Waals surface area contributed by atoms with Gasteiger partial charge in [0.25, 0.3) is 0 Å². The van der Waals surface area contributed by atoms with Gasteiger partial charge < -0.3 is 5.32 Å². The average molecular weight is 303 g/mol. The lowest BCUT2D eigenvalue weighted by Crippen LogP contribution is -2.37. The molecule has 1 N–H and O–H groups in total. The highest BCUT2D eigenvalue weighted by Crippen LogP contribution is 2.09. The molecule has 118 valence electrons. The van der Waals surface area contributed by atoms with Crippen molar-refractivity contribution in [1.82, 2.24) is 24.6 Å². The molecule has 0 radical (unpaired) electrons. The van der Waals surface area contributed by atoms with Gasteiger partial charge in [0.15, 0.2) is 0 Å². The van der Waals surface area contributed by atoms with Crippen molar-refractivity contribution >= 4 is 5.91 Å². The minimum atomic E-state index is -0.330. The molecule has 2 aromatic heterocycles. The van der Waals surface area contributed by atoms with Gasteiger partial charge in [0.05, 0.1) is 0 Å². The highest BCUT2D eigenvalue weighted by atomic mass is 16.2. The number of hydrogen-bond donors (Lipinski definition) is 1. The van der Waals surface area contributed by atoms with Crippen LogP contribution in [0.2, 0.25) is 0 Å². The van der Waals surface area contributed by atoms with Crippen LogP contribution in [-0.4, -0.2) is 31.8 Å². The van der Waals surface area contributed by atoms with Gasteiger partial charge in [-0.15, -0.1) is 0 Å². The van der Waals surface area contributed by atoms with E-state index < -0.39 is 0 Å². The molecule has 1 amide bonds. The van der Waals surface area contributed by atoms with Crippen molar-refractivity contribution in [3.05, 3.63) is 46.4 Å². The van der Waals surface area contributed by atoms with Crippen LogP contribution in [0.4, 0.5) is 0 Å². The number of amides is 1. The van der Waals surface area contributed by atoms with Gasteiger partial charge >= 0.3 is 5.69 Å². The number of carbonyl (C=O) groups is 1. The zero-order valence-electron chi connectivity index (χ0n) is 13.1. The van der Waals surface area contributed by atoms with E-state index in [9.17, 15) is 9.59 Å². The number of nitrogens with zero attached hydrogens (tertiary/aromatic N) is 4. The summed E-state index contributed by atoms with van der Waals surface area (Å²) in [7, 11) is 0. The second kappa shape index (κ2) is 7.02. The number of rotatable bonds is 6. The van der Waals surface area contributed by atoms with Crippen molar-refractivity contribution in [3.8, 4) is 0 Å². The summed E-state index contributed by atoms with van der Waals surface area (Å²) in [6.07, 6.45) is 4.07. The second-order valence-electron chi connectivity index (χ2n) is 5.17. The Labute approximate surface area is 129 Å². The number of hydrogen-bond acceptors (Lipinski definition) is 4. The SMILES string of the molecule is CC[C@@H](C(=O)NCCn1c(C)cc(C)nc1=O)n1cccn1. The van der Waals surface area contributed by atoms with Crippen LogP contribution in [-0.2, 0) is 11.3 Å². The summed E-state index contributed by atoms with van der Waals surface area (Å²) in [5.41, 5.74) is 1.25. The first-order chi connectivity index (χ1) is 10.5. The molecule has 1 atom stereocenters. The monoisotopic (exact) mass is 303 g/mol. The van der Waals surface area contributed by atoms with Crippen LogP contribution in [0.3, 0.4) is 0 Å². The second-order valence-corrected chi connectivity index (χ2v) is 5.17. The quantitative estimate of drug-likeness (QED) is 0.856. The standard InChI is InChI=1S/C15H21N5O2/c1-4-13(20-8-5-6-17-20)14(21)16-7-9-19-12(3)10-11(2)18-15(19)22/h5-6,8,10,13H,4,7,9H2,1-3H3,(H,16,21)/t13-/m0/s1. The fourth-order valence-electron chi connectivity index (χ4n) is 2.41. The van der Waals surface area contributed by atoms with Gasteiger partial charge in [-0.05, 0) is 32.4 Å². The van der Waals surface area contributed by atoms with E-state index in [-0.39, 0.29) is 17.6 Å². The highest BCUT2D eigenvalue weighted by Gasteiger charge is 2.18. The summed E-state index contributed by atoms with van der Waals surface area (Å²) in [4.78, 5) is 28.0. The molecule has 0 aliphatic rings. The Morgan fingerprint density at radius 3 is 2.77 bits per heavy atom. The van der Waals surface area contributed by atoms with Crippen LogP contribution in [0, 0.1) is 13.8 Å². The Hall–Kier alpha value is -2.44. The van der Waals surface area contributed by atoms with Crippen molar-refractivity contribution in [1.29, 1.82) is 0 Å². The van der Waals surface area contributed by atoms with Gasteiger partial charge in [-0.25, -0.2) is 4.79 Å². The van der Waals surface area contributed by atoms with Gasteiger partial charge in [-0.1, -0.05) is 6.92 Å². The van der Waals surface area contributed by atoms with E-state index >= 15 is 0 Å². The van der Waals surface area contributed by atoms with Crippen LogP contribution >= 0.6 is 0 Å². The molecule has 0 aromatic carbocycles. The van der Waals surface area contributed by atoms with Gasteiger partial charge in [-0.3, -0.25) is 14.0 Å². The molecule has 0 aliphatic heterocycles. The van der Waals surface area contributed by atoms with E-state index in [2.05, 4.69) is 15.4 Å². The molecule has 2 aromatic rings. The molecule has 7 heteroatoms. The van der Waals surface area contributed by atoms with E-state index in [0.717, 1.165) is 5.69 Å². The maximum Gasteiger partial charge on any atom is 0.348 e. The third-order valence-electron chi connectivity index (χ3n) is 3.51. The zero-order chi connectivity index (χ0) is 16.1. The molecule has 0 spiro atoms. The molecule has 0 saturated carbocycles. The Morgan fingerprint density at radius 2 is 2.18 bits per heavy atom. The first kappa shape index (κ1) is 15.9. The summed E-state index contributed by atoms with van der Waals surface area (Å²) in [5, 5.41) is 6.96. The molecule has 0 unspecified atom stereocenters. The summed E-state index contributed by atoms with van der Waals surface area (Å²) >= 11 is 0. The number of nitrogens with one attached hydrogen (secondary N) is 1. The van der Waals surface area contributed by atoms with Crippen molar-refractivity contribution in [3.63, 3.8) is 0 Å². The zero-order valence-corrected chi connectivity index (χ0v) is 13.1. The van der Waals surface area contributed by atoms with Gasteiger partial charge in [0.2, 0.25) is 5.91 Å². The summed E-state index contributed by atoms with van der Waals surface area (Å²) in [6.45, 7) is 6.36. The van der Waals surface area contributed by atoms with Crippen molar-refractivity contribution in [2.24, 2.45) is 0 Å². The molecular weight excluding hydrogens is 282 g/mol. The van der Waals surface area contributed by atoms with E-state index in [1.54, 1.807) is 34.6 Å². The number of aryl methyl sites for hydroxylation is 2. The molecule has 2 heterocycles. The lowest BCUT2D eigenvalue weighted by Gasteiger charge is -2.16. The summed E-state index contributed by atoms with van der Waals surface area (Å²) in [5.74, 6) is -0.100. The molecule has 7 nitrogen and oxygen atoms in total. The van der Waals surface area contributed by atoms with Gasteiger partial charge in [0, 0.05) is 36.9 Å². The Morgan fingerprint density at radius 1 is 1.41 bits per heavy atom. The molecule has 0 fully saturated rings. The Kier molecular flexibility index (Phi) is 5.08. The first-order valence-corrected chi connectivity index (χ1v) is 7.35. The third-order valence-corrected chi connectivity index (χ3v) is 3.51. The predicted molar refractivity (Wildman–Crippen MR) is 82.5 cm³/mol. The molecule has 22 heavy (non-hydrogen) atoms. The van der Waals surface area contributed by atoms with Crippen LogP contribution in [0.1, 0.15) is 30.8 Å². The maximum absolute atomic E-state index is 12.2. The fourth-order valence-corrected chi connectivity index (χ4v) is 2.41. The third kappa shape index (κ3) is 3.60. The predicted octanol–water partition coefficient (Wildman–Crippen LogP) is 0.824.